The summed E-state index contributed by atoms with van der Waals surface area (Å²) in [5, 5.41) is 2.54. The van der Waals surface area contributed by atoms with E-state index in [1.54, 1.807) is 0 Å². The zero-order chi connectivity index (χ0) is 34.9. The van der Waals surface area contributed by atoms with Crippen molar-refractivity contribution in [1.82, 2.24) is 4.57 Å². The summed E-state index contributed by atoms with van der Waals surface area (Å²) in [6.07, 6.45) is 2.06. The number of benzene rings is 8. The number of para-hydroxylation sites is 3. The quantitative estimate of drug-likeness (QED) is 0.176. The van der Waals surface area contributed by atoms with Crippen LogP contribution in [0.25, 0.3) is 49.7 Å². The molecular formula is C51H36N2. The van der Waals surface area contributed by atoms with Crippen molar-refractivity contribution in [3.05, 3.63) is 216 Å². The molecule has 0 unspecified atom stereocenters. The lowest BCUT2D eigenvalue weighted by Gasteiger charge is -2.30. The average molecular weight is 677 g/mol. The highest BCUT2D eigenvalue weighted by Gasteiger charge is 2.47. The Morgan fingerprint density at radius 2 is 0.981 bits per heavy atom. The van der Waals surface area contributed by atoms with E-state index < -0.39 is 0 Å². The van der Waals surface area contributed by atoms with Gasteiger partial charge in [-0.2, -0.15) is 0 Å². The SMILES string of the molecule is c1ccc(N(c2ccc(-c3ccc4c5ccccc5n(-c5ccccc5)c4c3)cc2)c2ccc3c(c2)C2(Cc4ccccc4C2)c2ccccc2-3)cc1. The Kier molecular flexibility index (Phi) is 6.63. The lowest BCUT2D eigenvalue weighted by atomic mass is 9.75. The molecule has 250 valence electrons. The van der Waals surface area contributed by atoms with Crippen molar-refractivity contribution in [3.63, 3.8) is 0 Å². The van der Waals surface area contributed by atoms with E-state index >= 15 is 0 Å². The standard InChI is InChI=1S/C51H36N2/c1-3-15-39(16-4-1)52(42-28-30-44-43-19-9-11-21-47(43)51(48(44)32-42)33-37-13-7-8-14-38(37)34-51)41-26-23-35(24-27-41)36-25-29-46-45-20-10-12-22-49(45)53(50(46)31-36)40-17-5-2-6-18-40/h1-32H,33-34H2. The van der Waals surface area contributed by atoms with Gasteiger partial charge in [-0.25, -0.2) is 0 Å². The topological polar surface area (TPSA) is 8.17 Å². The zero-order valence-corrected chi connectivity index (χ0v) is 29.3. The number of rotatable bonds is 5. The van der Waals surface area contributed by atoms with E-state index in [0.29, 0.717) is 0 Å². The largest absolute Gasteiger partial charge is 0.310 e. The van der Waals surface area contributed by atoms with Crippen LogP contribution in [0.1, 0.15) is 22.3 Å². The van der Waals surface area contributed by atoms with Crippen molar-refractivity contribution < 1.29 is 0 Å². The van der Waals surface area contributed by atoms with Crippen LogP contribution in [-0.4, -0.2) is 4.57 Å². The molecule has 0 atom stereocenters. The molecule has 0 fully saturated rings. The molecular weight excluding hydrogens is 641 g/mol. The molecule has 2 heteroatoms. The van der Waals surface area contributed by atoms with Crippen LogP contribution in [0.15, 0.2) is 194 Å². The summed E-state index contributed by atoms with van der Waals surface area (Å²) < 4.78 is 2.39. The second-order valence-electron chi connectivity index (χ2n) is 14.6. The van der Waals surface area contributed by atoms with Crippen molar-refractivity contribution in [2.75, 3.05) is 4.90 Å². The monoisotopic (exact) mass is 676 g/mol. The highest BCUT2D eigenvalue weighted by Crippen LogP contribution is 2.56. The first-order valence-electron chi connectivity index (χ1n) is 18.6. The number of anilines is 3. The Labute approximate surface area is 309 Å². The van der Waals surface area contributed by atoms with Gasteiger partial charge >= 0.3 is 0 Å². The van der Waals surface area contributed by atoms with Gasteiger partial charge in [-0.3, -0.25) is 0 Å². The van der Waals surface area contributed by atoms with Crippen LogP contribution in [0.3, 0.4) is 0 Å². The average Bonchev–Trinajstić information content (AvgIpc) is 3.87. The van der Waals surface area contributed by atoms with Gasteiger partial charge in [0.1, 0.15) is 0 Å². The molecule has 1 spiro atoms. The molecule has 0 amide bonds. The van der Waals surface area contributed by atoms with Crippen LogP contribution in [-0.2, 0) is 18.3 Å². The van der Waals surface area contributed by atoms with Crippen molar-refractivity contribution >= 4 is 38.9 Å². The second-order valence-corrected chi connectivity index (χ2v) is 14.6. The van der Waals surface area contributed by atoms with Gasteiger partial charge in [-0.05, 0) is 118 Å². The van der Waals surface area contributed by atoms with Gasteiger partial charge in [0.05, 0.1) is 11.0 Å². The van der Waals surface area contributed by atoms with E-state index in [4.69, 9.17) is 0 Å². The third-order valence-corrected chi connectivity index (χ3v) is 11.8. The molecule has 0 radical (unpaired) electrons. The van der Waals surface area contributed by atoms with Gasteiger partial charge in [0, 0.05) is 38.9 Å². The van der Waals surface area contributed by atoms with Crippen molar-refractivity contribution in [2.24, 2.45) is 0 Å². The molecule has 11 rings (SSSR count). The molecule has 2 aliphatic rings. The van der Waals surface area contributed by atoms with E-state index in [9.17, 15) is 0 Å². The number of aromatic nitrogens is 1. The van der Waals surface area contributed by atoms with Gasteiger partial charge in [0.2, 0.25) is 0 Å². The highest BCUT2D eigenvalue weighted by atomic mass is 15.1. The third-order valence-electron chi connectivity index (χ3n) is 11.8. The predicted molar refractivity (Wildman–Crippen MR) is 221 cm³/mol. The Hall–Kier alpha value is -6.64. The highest BCUT2D eigenvalue weighted by molar-refractivity contribution is 6.10. The minimum atomic E-state index is -0.0568. The first-order chi connectivity index (χ1) is 26.2. The predicted octanol–water partition coefficient (Wildman–Crippen LogP) is 13.0. The van der Waals surface area contributed by atoms with Crippen LogP contribution in [0.2, 0.25) is 0 Å². The smallest absolute Gasteiger partial charge is 0.0547 e. The molecule has 1 heterocycles. The summed E-state index contributed by atoms with van der Waals surface area (Å²) >= 11 is 0. The van der Waals surface area contributed by atoms with Crippen LogP contribution < -0.4 is 4.90 Å². The van der Waals surface area contributed by atoms with E-state index in [1.165, 1.54) is 77.7 Å². The van der Waals surface area contributed by atoms with Gasteiger partial charge in [-0.15, -0.1) is 0 Å². The van der Waals surface area contributed by atoms with Crippen LogP contribution in [0.4, 0.5) is 17.1 Å². The molecule has 9 aromatic rings. The Balaban J connectivity index is 1.02. The molecule has 53 heavy (non-hydrogen) atoms. The molecule has 8 aromatic carbocycles. The van der Waals surface area contributed by atoms with Crippen molar-refractivity contribution in [2.45, 2.75) is 18.3 Å². The summed E-state index contributed by atoms with van der Waals surface area (Å²) in [5.74, 6) is 0. The number of hydrogen-bond acceptors (Lipinski definition) is 1. The maximum absolute atomic E-state index is 2.48. The Morgan fingerprint density at radius 1 is 0.396 bits per heavy atom. The van der Waals surface area contributed by atoms with Crippen molar-refractivity contribution in [3.8, 4) is 27.9 Å². The van der Waals surface area contributed by atoms with E-state index in [0.717, 1.165) is 24.2 Å². The fraction of sp³-hybridized carbons (Fsp3) is 0.0588. The van der Waals surface area contributed by atoms with Gasteiger partial charge in [0.15, 0.2) is 0 Å². The van der Waals surface area contributed by atoms with E-state index in [1.807, 2.05) is 0 Å². The van der Waals surface area contributed by atoms with E-state index in [-0.39, 0.29) is 5.41 Å². The first kappa shape index (κ1) is 30.0. The lowest BCUT2D eigenvalue weighted by molar-refractivity contribution is 0.563. The maximum Gasteiger partial charge on any atom is 0.0547 e. The maximum atomic E-state index is 2.48. The molecule has 1 aromatic heterocycles. The van der Waals surface area contributed by atoms with Gasteiger partial charge in [0.25, 0.3) is 0 Å². The second kappa shape index (κ2) is 11.7. The number of fused-ring (bicyclic) bond motifs is 9. The van der Waals surface area contributed by atoms with Crippen molar-refractivity contribution in [1.29, 1.82) is 0 Å². The molecule has 0 saturated heterocycles. The van der Waals surface area contributed by atoms with Gasteiger partial charge in [-0.1, -0.05) is 133 Å². The van der Waals surface area contributed by atoms with E-state index in [2.05, 4.69) is 204 Å². The molecule has 2 nitrogen and oxygen atoms in total. The molecule has 2 aliphatic carbocycles. The van der Waals surface area contributed by atoms with Gasteiger partial charge < -0.3 is 9.47 Å². The molecule has 0 N–H and O–H groups in total. The summed E-state index contributed by atoms with van der Waals surface area (Å²) in [6, 6.07) is 71.5. The number of hydrogen-bond donors (Lipinski definition) is 0. The fourth-order valence-corrected chi connectivity index (χ4v) is 9.41. The Morgan fingerprint density at radius 3 is 1.77 bits per heavy atom. The third kappa shape index (κ3) is 4.59. The summed E-state index contributed by atoms with van der Waals surface area (Å²) in [6.45, 7) is 0. The summed E-state index contributed by atoms with van der Waals surface area (Å²) in [4.78, 5) is 2.42. The molecule has 0 bridgehead atoms. The minimum Gasteiger partial charge on any atom is -0.310 e. The van der Waals surface area contributed by atoms with Crippen LogP contribution in [0.5, 0.6) is 0 Å². The lowest BCUT2D eigenvalue weighted by Crippen LogP contribution is -2.26. The fourth-order valence-electron chi connectivity index (χ4n) is 9.41. The Bertz CT molecular complexity index is 2800. The van der Waals surface area contributed by atoms with Crippen LogP contribution in [0, 0.1) is 0 Å². The normalized spacial score (nSPS) is 13.7. The first-order valence-corrected chi connectivity index (χ1v) is 18.6. The molecule has 0 aliphatic heterocycles. The summed E-state index contributed by atoms with van der Waals surface area (Å²) in [7, 11) is 0. The zero-order valence-electron chi connectivity index (χ0n) is 29.3. The number of nitrogens with zero attached hydrogens (tertiary/aromatic N) is 2. The molecule has 0 saturated carbocycles. The summed E-state index contributed by atoms with van der Waals surface area (Å²) in [5.41, 5.74) is 18.0. The van der Waals surface area contributed by atoms with Crippen LogP contribution >= 0.6 is 0 Å². The minimum absolute atomic E-state index is 0.0568.